The molecule has 44 heavy (non-hydrogen) atoms. The third kappa shape index (κ3) is 4.42. The molecule has 0 radical (unpaired) electrons. The minimum Gasteiger partial charge on any atom is -0.386 e. The Labute approximate surface area is 262 Å². The summed E-state index contributed by atoms with van der Waals surface area (Å²) in [7, 11) is 1.69. The molecule has 0 aromatic heterocycles. The molecule has 242 valence electrons. The molecule has 0 amide bonds. The number of allylic oxidation sites excluding steroid dienone is 1. The summed E-state index contributed by atoms with van der Waals surface area (Å²) in [6.45, 7) is 6.48. The van der Waals surface area contributed by atoms with E-state index in [9.17, 15) is 10.2 Å². The Morgan fingerprint density at radius 1 is 0.932 bits per heavy atom. The molecule has 6 heterocycles. The molecular weight excluding hydrogens is 558 g/mol. The molecule has 3 saturated heterocycles. The van der Waals surface area contributed by atoms with Crippen LogP contribution in [0.1, 0.15) is 82.6 Å². The summed E-state index contributed by atoms with van der Waals surface area (Å²) < 4.78 is 31.5. The van der Waals surface area contributed by atoms with E-state index >= 15 is 0 Å². The molecule has 3 saturated carbocycles. The van der Waals surface area contributed by atoms with Gasteiger partial charge in [-0.2, -0.15) is 0 Å². The quantitative estimate of drug-likeness (QED) is 0.475. The number of methoxy groups -OCH3 is 1. The van der Waals surface area contributed by atoms with Gasteiger partial charge in [0, 0.05) is 50.1 Å². The van der Waals surface area contributed by atoms with Crippen molar-refractivity contribution in [1.82, 2.24) is 0 Å². The average Bonchev–Trinajstić information content (AvgIpc) is 3.31. The van der Waals surface area contributed by atoms with Crippen LogP contribution in [0.5, 0.6) is 0 Å². The van der Waals surface area contributed by atoms with Crippen LogP contribution in [-0.2, 0) is 23.7 Å². The van der Waals surface area contributed by atoms with Gasteiger partial charge in [-0.05, 0) is 86.5 Å². The first-order chi connectivity index (χ1) is 21.3. The summed E-state index contributed by atoms with van der Waals surface area (Å²) in [6, 6.07) is 9.26. The summed E-state index contributed by atoms with van der Waals surface area (Å²) >= 11 is 0. The number of hydrogen-bond acceptors (Lipinski definition) is 8. The molecule has 1 spiro atoms. The van der Waals surface area contributed by atoms with Crippen LogP contribution in [0.2, 0.25) is 0 Å². The molecule has 3 unspecified atom stereocenters. The number of rotatable bonds is 4. The predicted molar refractivity (Wildman–Crippen MR) is 166 cm³/mol. The van der Waals surface area contributed by atoms with Crippen molar-refractivity contribution in [3.8, 4) is 0 Å². The fourth-order valence-corrected chi connectivity index (χ4v) is 10.9. The first-order valence-corrected chi connectivity index (χ1v) is 17.3. The summed E-state index contributed by atoms with van der Waals surface area (Å²) in [5, 5.41) is 25.3. The Bertz CT molecular complexity index is 1260. The highest BCUT2D eigenvalue weighted by Gasteiger charge is 2.68. The standard InChI is InChI=1S/C36H51NO7/c1-33-21-27(24-6-8-25(9-7-24)37-14-4-3-5-15-37)32-26-10-12-34(38)23-36(30(20-29(32)34)41-16-18-43-36)44-19-17-42-31(22-40-2)35(33,39)13-11-28(26)33/h6-9,26-28,30-31,38-39H,3-5,10-23H2,1-2H3/t26-,27+,28+,30?,31?,33-,34-,35+,36?/m0/s1. The van der Waals surface area contributed by atoms with Crippen molar-refractivity contribution in [1.29, 1.82) is 0 Å². The van der Waals surface area contributed by atoms with Crippen LogP contribution in [0, 0.1) is 17.3 Å². The van der Waals surface area contributed by atoms with E-state index in [0.29, 0.717) is 64.6 Å². The fourth-order valence-electron chi connectivity index (χ4n) is 10.9. The first kappa shape index (κ1) is 29.9. The topological polar surface area (TPSA) is 89.9 Å². The van der Waals surface area contributed by atoms with Gasteiger partial charge in [-0.1, -0.05) is 24.6 Å². The Hall–Kier alpha value is -1.52. The van der Waals surface area contributed by atoms with Crippen LogP contribution in [0.4, 0.5) is 5.69 Å². The molecule has 11 rings (SSSR count). The van der Waals surface area contributed by atoms with Gasteiger partial charge in [0.15, 0.2) is 5.79 Å². The van der Waals surface area contributed by atoms with Gasteiger partial charge in [-0.25, -0.2) is 0 Å². The smallest absolute Gasteiger partial charge is 0.198 e. The Morgan fingerprint density at radius 2 is 1.68 bits per heavy atom. The number of aliphatic hydroxyl groups is 2. The first-order valence-electron chi connectivity index (χ1n) is 17.3. The highest BCUT2D eigenvalue weighted by molar-refractivity contribution is 5.51. The van der Waals surface area contributed by atoms with E-state index in [1.807, 2.05) is 0 Å². The molecule has 6 fully saturated rings. The van der Waals surface area contributed by atoms with Gasteiger partial charge in [-0.15, -0.1) is 0 Å². The second-order valence-electron chi connectivity index (χ2n) is 15.1. The normalized spacial score (nSPS) is 45.5. The molecular formula is C36H51NO7. The van der Waals surface area contributed by atoms with Crippen molar-refractivity contribution < 1.29 is 33.9 Å². The summed E-state index contributed by atoms with van der Waals surface area (Å²) in [6.07, 6.45) is 8.11. The Balaban J connectivity index is 1.28. The van der Waals surface area contributed by atoms with E-state index in [1.165, 1.54) is 36.1 Å². The zero-order valence-electron chi connectivity index (χ0n) is 26.6. The molecule has 6 aliphatic heterocycles. The molecule has 10 aliphatic rings. The molecule has 8 heteroatoms. The maximum atomic E-state index is 12.8. The van der Waals surface area contributed by atoms with Crippen LogP contribution in [0.15, 0.2) is 35.4 Å². The van der Waals surface area contributed by atoms with Crippen molar-refractivity contribution in [2.75, 3.05) is 58.1 Å². The third-order valence-corrected chi connectivity index (χ3v) is 13.1. The van der Waals surface area contributed by atoms with Crippen molar-refractivity contribution in [2.24, 2.45) is 17.3 Å². The highest BCUT2D eigenvalue weighted by atomic mass is 16.7. The largest absolute Gasteiger partial charge is 0.386 e. The lowest BCUT2D eigenvalue weighted by Crippen LogP contribution is -2.64. The van der Waals surface area contributed by atoms with Crippen LogP contribution >= 0.6 is 0 Å². The van der Waals surface area contributed by atoms with E-state index in [0.717, 1.165) is 37.9 Å². The highest BCUT2D eigenvalue weighted by Crippen LogP contribution is 2.69. The van der Waals surface area contributed by atoms with Crippen LogP contribution in [-0.4, -0.2) is 92.6 Å². The van der Waals surface area contributed by atoms with E-state index < -0.39 is 23.1 Å². The number of anilines is 1. The fraction of sp³-hybridized carbons (Fsp3) is 0.778. The molecule has 4 aliphatic carbocycles. The second kappa shape index (κ2) is 11.0. The second-order valence-corrected chi connectivity index (χ2v) is 15.1. The average molecular weight is 610 g/mol. The molecule has 9 atom stereocenters. The molecule has 2 N–H and O–H groups in total. The summed E-state index contributed by atoms with van der Waals surface area (Å²) in [5.41, 5.74) is 2.74. The minimum absolute atomic E-state index is 0.0900. The number of benzene rings is 1. The van der Waals surface area contributed by atoms with Crippen LogP contribution < -0.4 is 4.90 Å². The number of ether oxygens (including phenoxy) is 5. The van der Waals surface area contributed by atoms with Gasteiger partial charge in [-0.3, -0.25) is 0 Å². The number of piperidine rings is 1. The van der Waals surface area contributed by atoms with Gasteiger partial charge in [0.25, 0.3) is 0 Å². The SMILES string of the molecule is COCC1OCCOC23C[C@@]4(O)CC[C@@H]5C(=C4CC2OCCO3)[C@@H](c2ccc(N3CCCCC3)cc2)C[C@@]2(C)[C@@H]5CC[C@@]12O. The van der Waals surface area contributed by atoms with Gasteiger partial charge in [0.2, 0.25) is 0 Å². The van der Waals surface area contributed by atoms with E-state index in [-0.39, 0.29) is 23.4 Å². The maximum absolute atomic E-state index is 12.8. The zero-order chi connectivity index (χ0) is 30.2. The monoisotopic (exact) mass is 609 g/mol. The number of nitrogens with zero attached hydrogens (tertiary/aromatic N) is 1. The Kier molecular flexibility index (Phi) is 7.49. The van der Waals surface area contributed by atoms with Gasteiger partial charge in [0.1, 0.15) is 12.2 Å². The lowest BCUT2D eigenvalue weighted by atomic mass is 9.49. The summed E-state index contributed by atoms with van der Waals surface area (Å²) in [5.74, 6) is -0.319. The predicted octanol–water partition coefficient (Wildman–Crippen LogP) is 4.72. The van der Waals surface area contributed by atoms with Crippen LogP contribution in [0.3, 0.4) is 0 Å². The van der Waals surface area contributed by atoms with E-state index in [1.54, 1.807) is 7.11 Å². The van der Waals surface area contributed by atoms with Gasteiger partial charge >= 0.3 is 0 Å². The molecule has 1 aromatic rings. The lowest BCUT2D eigenvalue weighted by Gasteiger charge is -2.60. The molecule has 8 nitrogen and oxygen atoms in total. The zero-order valence-corrected chi connectivity index (χ0v) is 26.6. The molecule has 8 bridgehead atoms. The van der Waals surface area contributed by atoms with Crippen molar-refractivity contribution in [2.45, 2.75) is 106 Å². The van der Waals surface area contributed by atoms with Crippen LogP contribution in [0.25, 0.3) is 0 Å². The maximum Gasteiger partial charge on any atom is 0.198 e. The Morgan fingerprint density at radius 3 is 2.43 bits per heavy atom. The van der Waals surface area contributed by atoms with Gasteiger partial charge in [0.05, 0.1) is 44.2 Å². The summed E-state index contributed by atoms with van der Waals surface area (Å²) in [4.78, 5) is 2.51. The van der Waals surface area contributed by atoms with Gasteiger partial charge < -0.3 is 38.8 Å². The number of fused-ring (bicyclic) bond motifs is 1. The van der Waals surface area contributed by atoms with Crippen molar-refractivity contribution in [3.63, 3.8) is 0 Å². The third-order valence-electron chi connectivity index (χ3n) is 13.1. The van der Waals surface area contributed by atoms with E-state index in [4.69, 9.17) is 23.7 Å². The molecule has 1 aromatic carbocycles. The number of hydrogen-bond donors (Lipinski definition) is 2. The van der Waals surface area contributed by atoms with E-state index in [2.05, 4.69) is 36.1 Å². The van der Waals surface area contributed by atoms with Crippen molar-refractivity contribution >= 4 is 5.69 Å². The van der Waals surface area contributed by atoms with Crippen molar-refractivity contribution in [3.05, 3.63) is 41.0 Å². The minimum atomic E-state index is -1.03. The lowest BCUT2D eigenvalue weighted by molar-refractivity contribution is -0.351.